The number of benzene rings is 1. The van der Waals surface area contributed by atoms with Crippen molar-refractivity contribution < 1.29 is 24.9 Å². The molecule has 1 heterocycles. The van der Waals surface area contributed by atoms with Gasteiger partial charge in [0.25, 0.3) is 5.91 Å². The maximum absolute atomic E-state index is 12.0. The Bertz CT molecular complexity index is 525. The van der Waals surface area contributed by atoms with Gasteiger partial charge in [-0.25, -0.2) is 4.79 Å². The number of aromatic hydroxyl groups is 2. The number of hydrogen-bond donors (Lipinski definition) is 4. The molecule has 0 aliphatic carbocycles. The number of carbonyl (C=O) groups excluding carboxylic acids is 1. The summed E-state index contributed by atoms with van der Waals surface area (Å²) in [6.07, 6.45) is 0.332. The lowest BCUT2D eigenvalue weighted by Crippen LogP contribution is -2.54. The molecule has 0 radical (unpaired) electrons. The van der Waals surface area contributed by atoms with Gasteiger partial charge in [0.2, 0.25) is 0 Å². The van der Waals surface area contributed by atoms with E-state index in [1.165, 1.54) is 23.9 Å². The summed E-state index contributed by atoms with van der Waals surface area (Å²) in [6.45, 7) is 0. The van der Waals surface area contributed by atoms with Crippen LogP contribution in [0, 0.1) is 0 Å². The van der Waals surface area contributed by atoms with Crippen LogP contribution in [0.25, 0.3) is 0 Å². The van der Waals surface area contributed by atoms with Gasteiger partial charge < -0.3 is 20.6 Å². The molecule has 1 atom stereocenters. The molecule has 0 saturated carbocycles. The number of thioether (sulfide) groups is 1. The van der Waals surface area contributed by atoms with E-state index in [2.05, 4.69) is 5.32 Å². The fraction of sp³-hybridized carbons (Fsp3) is 0.333. The summed E-state index contributed by atoms with van der Waals surface area (Å²) in [4.78, 5) is 23.3. The Hall–Kier alpha value is -1.89. The van der Waals surface area contributed by atoms with Crippen LogP contribution in [0.15, 0.2) is 18.2 Å². The van der Waals surface area contributed by atoms with Gasteiger partial charge in [0.15, 0.2) is 0 Å². The third kappa shape index (κ3) is 2.60. The summed E-state index contributed by atoms with van der Waals surface area (Å²) >= 11 is 1.45. The first-order chi connectivity index (χ1) is 8.94. The van der Waals surface area contributed by atoms with E-state index in [4.69, 9.17) is 0 Å². The Labute approximate surface area is 113 Å². The van der Waals surface area contributed by atoms with Gasteiger partial charge in [-0.3, -0.25) is 4.79 Å². The van der Waals surface area contributed by atoms with Gasteiger partial charge in [-0.15, -0.1) is 0 Å². The zero-order chi connectivity index (χ0) is 14.0. The van der Waals surface area contributed by atoms with Gasteiger partial charge in [-0.2, -0.15) is 11.8 Å². The SMILES string of the molecule is O=C(NC1(C(=O)O)CCSC1)c1cc(O)ccc1O. The predicted octanol–water partition coefficient (Wildman–Crippen LogP) is 0.788. The summed E-state index contributed by atoms with van der Waals surface area (Å²) in [6, 6.07) is 3.52. The van der Waals surface area contributed by atoms with Gasteiger partial charge in [-0.1, -0.05) is 0 Å². The summed E-state index contributed by atoms with van der Waals surface area (Å²) in [7, 11) is 0. The maximum atomic E-state index is 12.0. The quantitative estimate of drug-likeness (QED) is 0.611. The van der Waals surface area contributed by atoms with Crippen LogP contribution >= 0.6 is 11.8 Å². The zero-order valence-electron chi connectivity index (χ0n) is 9.92. The second-order valence-electron chi connectivity index (χ2n) is 4.35. The fourth-order valence-electron chi connectivity index (χ4n) is 1.88. The number of carboxylic acids is 1. The molecule has 1 aliphatic rings. The van der Waals surface area contributed by atoms with Crippen molar-refractivity contribution in [3.05, 3.63) is 23.8 Å². The molecule has 7 heteroatoms. The molecule has 6 nitrogen and oxygen atoms in total. The van der Waals surface area contributed by atoms with Crippen LogP contribution in [0.5, 0.6) is 11.5 Å². The van der Waals surface area contributed by atoms with Crippen molar-refractivity contribution in [2.75, 3.05) is 11.5 Å². The van der Waals surface area contributed by atoms with Crippen molar-refractivity contribution in [1.29, 1.82) is 0 Å². The molecule has 1 saturated heterocycles. The first-order valence-electron chi connectivity index (χ1n) is 5.60. The van der Waals surface area contributed by atoms with Crippen LogP contribution in [0.3, 0.4) is 0 Å². The summed E-state index contributed by atoms with van der Waals surface area (Å²) in [5, 5.41) is 30.6. The lowest BCUT2D eigenvalue weighted by molar-refractivity contribution is -0.143. The lowest BCUT2D eigenvalue weighted by Gasteiger charge is -2.24. The smallest absolute Gasteiger partial charge is 0.330 e. The number of aliphatic carboxylic acids is 1. The molecule has 1 amide bonds. The molecule has 0 bridgehead atoms. The van der Waals surface area contributed by atoms with Gasteiger partial charge in [0.1, 0.15) is 17.0 Å². The standard InChI is InChI=1S/C12H13NO5S/c14-7-1-2-9(15)8(5-7)10(16)13-12(11(17)18)3-4-19-6-12/h1-2,5,14-15H,3-4,6H2,(H,13,16)(H,17,18). The normalized spacial score (nSPS) is 22.1. The molecular weight excluding hydrogens is 270 g/mol. The molecule has 1 unspecified atom stereocenters. The number of rotatable bonds is 3. The average molecular weight is 283 g/mol. The molecule has 4 N–H and O–H groups in total. The summed E-state index contributed by atoms with van der Waals surface area (Å²) < 4.78 is 0. The van der Waals surface area contributed by atoms with E-state index in [0.717, 1.165) is 6.07 Å². The molecule has 102 valence electrons. The van der Waals surface area contributed by atoms with E-state index in [0.29, 0.717) is 12.2 Å². The first kappa shape index (κ1) is 13.5. The Morgan fingerprint density at radius 2 is 2.05 bits per heavy atom. The van der Waals surface area contributed by atoms with E-state index < -0.39 is 17.4 Å². The molecule has 1 aromatic rings. The highest BCUT2D eigenvalue weighted by atomic mass is 32.2. The Balaban J connectivity index is 2.25. The van der Waals surface area contributed by atoms with E-state index in [-0.39, 0.29) is 22.8 Å². The highest BCUT2D eigenvalue weighted by Gasteiger charge is 2.43. The van der Waals surface area contributed by atoms with E-state index in [9.17, 15) is 24.9 Å². The second kappa shape index (κ2) is 5.00. The number of phenols is 2. The first-order valence-corrected chi connectivity index (χ1v) is 6.76. The van der Waals surface area contributed by atoms with Crippen LogP contribution in [-0.4, -0.2) is 44.2 Å². The molecule has 0 spiro atoms. The number of carbonyl (C=O) groups is 2. The van der Waals surface area contributed by atoms with Crippen molar-refractivity contribution in [3.8, 4) is 11.5 Å². The van der Waals surface area contributed by atoms with Crippen LogP contribution < -0.4 is 5.32 Å². The number of amides is 1. The minimum Gasteiger partial charge on any atom is -0.508 e. The van der Waals surface area contributed by atoms with Gasteiger partial charge in [0.05, 0.1) is 5.56 Å². The van der Waals surface area contributed by atoms with E-state index in [1.807, 2.05) is 0 Å². The zero-order valence-corrected chi connectivity index (χ0v) is 10.7. The minimum absolute atomic E-state index is 0.141. The van der Waals surface area contributed by atoms with Crippen molar-refractivity contribution in [3.63, 3.8) is 0 Å². The summed E-state index contributed by atoms with van der Waals surface area (Å²) in [5.41, 5.74) is -1.45. The van der Waals surface area contributed by atoms with Crippen LogP contribution in [0.2, 0.25) is 0 Å². The van der Waals surface area contributed by atoms with Crippen molar-refractivity contribution in [2.24, 2.45) is 0 Å². The van der Waals surface area contributed by atoms with Crippen LogP contribution in [-0.2, 0) is 4.79 Å². The van der Waals surface area contributed by atoms with Gasteiger partial charge in [0, 0.05) is 5.75 Å². The second-order valence-corrected chi connectivity index (χ2v) is 5.45. The topological polar surface area (TPSA) is 107 Å². The highest BCUT2D eigenvalue weighted by Crippen LogP contribution is 2.30. The summed E-state index contributed by atoms with van der Waals surface area (Å²) in [5.74, 6) is -1.34. The number of carboxylic acid groups (broad SMARTS) is 1. The van der Waals surface area contributed by atoms with Crippen LogP contribution in [0.1, 0.15) is 16.8 Å². The molecule has 1 fully saturated rings. The van der Waals surface area contributed by atoms with Gasteiger partial charge >= 0.3 is 5.97 Å². The number of phenolic OH excluding ortho intramolecular Hbond substituents is 2. The Kier molecular flexibility index (Phi) is 3.57. The average Bonchev–Trinajstić information content (AvgIpc) is 2.82. The van der Waals surface area contributed by atoms with Crippen molar-refractivity contribution >= 4 is 23.6 Å². The van der Waals surface area contributed by atoms with Crippen molar-refractivity contribution in [2.45, 2.75) is 12.0 Å². The van der Waals surface area contributed by atoms with Crippen LogP contribution in [0.4, 0.5) is 0 Å². The molecule has 1 aliphatic heterocycles. The third-order valence-corrected chi connectivity index (χ3v) is 4.20. The molecule has 2 rings (SSSR count). The molecule has 1 aromatic carbocycles. The van der Waals surface area contributed by atoms with Gasteiger partial charge in [-0.05, 0) is 30.4 Å². The number of hydrogen-bond acceptors (Lipinski definition) is 5. The predicted molar refractivity (Wildman–Crippen MR) is 69.5 cm³/mol. The monoisotopic (exact) mass is 283 g/mol. The highest BCUT2D eigenvalue weighted by molar-refractivity contribution is 7.99. The molecule has 0 aromatic heterocycles. The minimum atomic E-state index is -1.31. The molecular formula is C12H13NO5S. The maximum Gasteiger partial charge on any atom is 0.330 e. The Morgan fingerprint density at radius 3 is 2.63 bits per heavy atom. The van der Waals surface area contributed by atoms with E-state index >= 15 is 0 Å². The Morgan fingerprint density at radius 1 is 1.32 bits per heavy atom. The van der Waals surface area contributed by atoms with E-state index in [1.54, 1.807) is 0 Å². The number of nitrogens with one attached hydrogen (secondary N) is 1. The third-order valence-electron chi connectivity index (χ3n) is 3.01. The largest absolute Gasteiger partial charge is 0.508 e. The lowest BCUT2D eigenvalue weighted by atomic mass is 9.98. The van der Waals surface area contributed by atoms with Crippen molar-refractivity contribution in [1.82, 2.24) is 5.32 Å². The molecule has 19 heavy (non-hydrogen) atoms. The fourth-order valence-corrected chi connectivity index (χ4v) is 3.20.